The fourth-order valence-electron chi connectivity index (χ4n) is 2.71. The standard InChI is InChI=1S/C16H25N3O/c1-12(17-2)13-6-7-15-14(11-13)8-10-19(15)9-4-5-16(20)18-3/h6-7,11-12,17H,4-5,8-10H2,1-3H3,(H,18,20). The van der Waals surface area contributed by atoms with Crippen LogP contribution in [-0.2, 0) is 11.2 Å². The Bertz CT molecular complexity index is 473. The molecule has 1 atom stereocenters. The van der Waals surface area contributed by atoms with E-state index in [0.717, 1.165) is 25.9 Å². The number of rotatable bonds is 6. The fraction of sp³-hybridized carbons (Fsp3) is 0.562. The fourth-order valence-corrected chi connectivity index (χ4v) is 2.71. The third kappa shape index (κ3) is 3.31. The van der Waals surface area contributed by atoms with Crippen molar-refractivity contribution < 1.29 is 4.79 Å². The number of hydrogen-bond acceptors (Lipinski definition) is 3. The number of benzene rings is 1. The first-order valence-electron chi connectivity index (χ1n) is 7.41. The predicted octanol–water partition coefficient (Wildman–Crippen LogP) is 1.86. The molecule has 0 spiro atoms. The lowest BCUT2D eigenvalue weighted by atomic mass is 10.0. The van der Waals surface area contributed by atoms with Crippen molar-refractivity contribution in [3.8, 4) is 0 Å². The molecule has 0 aliphatic carbocycles. The zero-order chi connectivity index (χ0) is 14.5. The van der Waals surface area contributed by atoms with Crippen molar-refractivity contribution in [3.05, 3.63) is 29.3 Å². The average molecular weight is 275 g/mol. The maximum atomic E-state index is 11.2. The third-order valence-electron chi connectivity index (χ3n) is 4.14. The zero-order valence-corrected chi connectivity index (χ0v) is 12.7. The summed E-state index contributed by atoms with van der Waals surface area (Å²) in [4.78, 5) is 13.6. The van der Waals surface area contributed by atoms with E-state index < -0.39 is 0 Å². The predicted molar refractivity (Wildman–Crippen MR) is 83.1 cm³/mol. The van der Waals surface area contributed by atoms with Gasteiger partial charge in [-0.25, -0.2) is 0 Å². The van der Waals surface area contributed by atoms with E-state index in [0.29, 0.717) is 12.5 Å². The molecule has 1 aromatic rings. The Labute approximate surface area is 121 Å². The molecule has 0 radical (unpaired) electrons. The first-order chi connectivity index (χ1) is 9.65. The first kappa shape index (κ1) is 14.9. The lowest BCUT2D eigenvalue weighted by Gasteiger charge is -2.20. The van der Waals surface area contributed by atoms with E-state index >= 15 is 0 Å². The van der Waals surface area contributed by atoms with Crippen LogP contribution in [0.5, 0.6) is 0 Å². The molecule has 1 heterocycles. The molecule has 2 rings (SSSR count). The minimum Gasteiger partial charge on any atom is -0.371 e. The van der Waals surface area contributed by atoms with Gasteiger partial charge in [-0.1, -0.05) is 12.1 Å². The molecule has 1 unspecified atom stereocenters. The van der Waals surface area contributed by atoms with Crippen LogP contribution in [0.3, 0.4) is 0 Å². The summed E-state index contributed by atoms with van der Waals surface area (Å²) in [5.41, 5.74) is 4.12. The molecule has 0 saturated carbocycles. The van der Waals surface area contributed by atoms with Crippen molar-refractivity contribution in [2.75, 3.05) is 32.1 Å². The van der Waals surface area contributed by atoms with Gasteiger partial charge in [0.05, 0.1) is 0 Å². The van der Waals surface area contributed by atoms with Crippen molar-refractivity contribution in [2.45, 2.75) is 32.2 Å². The van der Waals surface area contributed by atoms with E-state index in [2.05, 4.69) is 40.7 Å². The number of nitrogens with one attached hydrogen (secondary N) is 2. The highest BCUT2D eigenvalue weighted by atomic mass is 16.1. The van der Waals surface area contributed by atoms with Gasteiger partial charge in [0.25, 0.3) is 0 Å². The summed E-state index contributed by atoms with van der Waals surface area (Å²) in [5.74, 6) is 0.127. The number of fused-ring (bicyclic) bond motifs is 1. The molecule has 1 aromatic carbocycles. The average Bonchev–Trinajstić information content (AvgIpc) is 2.88. The molecule has 20 heavy (non-hydrogen) atoms. The summed E-state index contributed by atoms with van der Waals surface area (Å²) < 4.78 is 0. The van der Waals surface area contributed by atoms with Gasteiger partial charge in [-0.2, -0.15) is 0 Å². The molecule has 0 fully saturated rings. The van der Waals surface area contributed by atoms with Crippen molar-refractivity contribution in [3.63, 3.8) is 0 Å². The van der Waals surface area contributed by atoms with Gasteiger partial charge < -0.3 is 15.5 Å². The van der Waals surface area contributed by atoms with E-state index in [4.69, 9.17) is 0 Å². The van der Waals surface area contributed by atoms with Gasteiger partial charge in [0.2, 0.25) is 5.91 Å². The first-order valence-corrected chi connectivity index (χ1v) is 7.41. The van der Waals surface area contributed by atoms with Crippen molar-refractivity contribution >= 4 is 11.6 Å². The minimum absolute atomic E-state index is 0.127. The SMILES string of the molecule is CNC(=O)CCCN1CCc2cc(C(C)NC)ccc21. The van der Waals surface area contributed by atoms with Crippen LogP contribution >= 0.6 is 0 Å². The molecule has 0 aromatic heterocycles. The second kappa shape index (κ2) is 6.75. The molecule has 2 N–H and O–H groups in total. The van der Waals surface area contributed by atoms with Crippen LogP contribution in [0, 0.1) is 0 Å². The largest absolute Gasteiger partial charge is 0.371 e. The number of amides is 1. The van der Waals surface area contributed by atoms with Gasteiger partial charge in [0.15, 0.2) is 0 Å². The molecule has 1 aliphatic heterocycles. The van der Waals surface area contributed by atoms with Gasteiger partial charge in [0, 0.05) is 38.3 Å². The van der Waals surface area contributed by atoms with Crippen LogP contribution < -0.4 is 15.5 Å². The number of anilines is 1. The molecule has 1 amide bonds. The summed E-state index contributed by atoms with van der Waals surface area (Å²) >= 11 is 0. The van der Waals surface area contributed by atoms with Crippen molar-refractivity contribution in [2.24, 2.45) is 0 Å². The van der Waals surface area contributed by atoms with Crippen LogP contribution in [0.4, 0.5) is 5.69 Å². The van der Waals surface area contributed by atoms with Crippen LogP contribution in [0.15, 0.2) is 18.2 Å². The molecular formula is C16H25N3O. The summed E-state index contributed by atoms with van der Waals surface area (Å²) in [6, 6.07) is 7.14. The van der Waals surface area contributed by atoms with E-state index in [-0.39, 0.29) is 5.91 Å². The molecular weight excluding hydrogens is 250 g/mol. The van der Waals surface area contributed by atoms with Crippen LogP contribution in [-0.4, -0.2) is 33.1 Å². The Morgan fingerprint density at radius 3 is 2.90 bits per heavy atom. The molecule has 1 aliphatic rings. The monoisotopic (exact) mass is 275 g/mol. The number of carbonyl (C=O) groups excluding carboxylic acids is 1. The van der Waals surface area contributed by atoms with E-state index in [1.54, 1.807) is 7.05 Å². The summed E-state index contributed by atoms with van der Waals surface area (Å²) in [6.45, 7) is 4.21. The number of carbonyl (C=O) groups is 1. The van der Waals surface area contributed by atoms with Gasteiger partial charge in [-0.15, -0.1) is 0 Å². The minimum atomic E-state index is 0.127. The van der Waals surface area contributed by atoms with Gasteiger partial charge in [0.1, 0.15) is 0 Å². The summed E-state index contributed by atoms with van der Waals surface area (Å²) in [7, 11) is 3.68. The van der Waals surface area contributed by atoms with E-state index in [1.165, 1.54) is 16.8 Å². The van der Waals surface area contributed by atoms with Crippen LogP contribution in [0.1, 0.15) is 36.9 Å². The van der Waals surface area contributed by atoms with Gasteiger partial charge in [-0.3, -0.25) is 4.79 Å². The third-order valence-corrected chi connectivity index (χ3v) is 4.14. The molecule has 4 heteroatoms. The second-order valence-corrected chi connectivity index (χ2v) is 5.41. The summed E-state index contributed by atoms with van der Waals surface area (Å²) in [6.07, 6.45) is 2.63. The Morgan fingerprint density at radius 2 is 2.20 bits per heavy atom. The summed E-state index contributed by atoms with van der Waals surface area (Å²) in [5, 5.41) is 5.95. The molecule has 0 bridgehead atoms. The van der Waals surface area contributed by atoms with E-state index in [9.17, 15) is 4.79 Å². The van der Waals surface area contributed by atoms with Crippen LogP contribution in [0.2, 0.25) is 0 Å². The van der Waals surface area contributed by atoms with Gasteiger partial charge >= 0.3 is 0 Å². The quantitative estimate of drug-likeness (QED) is 0.833. The lowest BCUT2D eigenvalue weighted by molar-refractivity contribution is -0.120. The Balaban J connectivity index is 1.97. The van der Waals surface area contributed by atoms with Crippen LogP contribution in [0.25, 0.3) is 0 Å². The highest BCUT2D eigenvalue weighted by molar-refractivity contribution is 5.75. The second-order valence-electron chi connectivity index (χ2n) is 5.41. The van der Waals surface area contributed by atoms with Crippen molar-refractivity contribution in [1.29, 1.82) is 0 Å². The maximum Gasteiger partial charge on any atom is 0.219 e. The Kier molecular flexibility index (Phi) is 5.01. The Morgan fingerprint density at radius 1 is 1.40 bits per heavy atom. The molecule has 0 saturated heterocycles. The topological polar surface area (TPSA) is 44.4 Å². The Hall–Kier alpha value is -1.55. The van der Waals surface area contributed by atoms with E-state index in [1.807, 2.05) is 7.05 Å². The smallest absolute Gasteiger partial charge is 0.219 e. The molecule has 110 valence electrons. The normalized spacial score (nSPS) is 15.1. The highest BCUT2D eigenvalue weighted by Crippen LogP contribution is 2.30. The molecule has 4 nitrogen and oxygen atoms in total. The zero-order valence-electron chi connectivity index (χ0n) is 12.7. The lowest BCUT2D eigenvalue weighted by Crippen LogP contribution is -2.24. The number of nitrogens with zero attached hydrogens (tertiary/aromatic N) is 1. The van der Waals surface area contributed by atoms with Crippen molar-refractivity contribution in [1.82, 2.24) is 10.6 Å². The highest BCUT2D eigenvalue weighted by Gasteiger charge is 2.19. The van der Waals surface area contributed by atoms with Gasteiger partial charge in [-0.05, 0) is 44.0 Å². The number of hydrogen-bond donors (Lipinski definition) is 2. The maximum absolute atomic E-state index is 11.2.